The van der Waals surface area contributed by atoms with Gasteiger partial charge in [0.2, 0.25) is 0 Å². The summed E-state index contributed by atoms with van der Waals surface area (Å²) < 4.78 is 14.6. The Kier molecular flexibility index (Phi) is 5.85. The van der Waals surface area contributed by atoms with E-state index < -0.39 is 32.8 Å². The Balaban J connectivity index is 2.05. The summed E-state index contributed by atoms with van der Waals surface area (Å²) in [7, 11) is -1.76. The summed E-state index contributed by atoms with van der Waals surface area (Å²) in [6.45, 7) is 3.23. The molecule has 156 valence electrons. The van der Waals surface area contributed by atoms with Gasteiger partial charge in [-0.2, -0.15) is 0 Å². The van der Waals surface area contributed by atoms with E-state index in [1.165, 1.54) is 30.3 Å². The molecule has 1 aromatic heterocycles. The highest BCUT2D eigenvalue weighted by atomic mass is 35.5. The number of hydrogen-bond donors (Lipinski definition) is 1. The van der Waals surface area contributed by atoms with Gasteiger partial charge >= 0.3 is 17.1 Å². The molecule has 0 aliphatic heterocycles. The molecule has 0 bridgehead atoms. The number of nitro groups is 1. The van der Waals surface area contributed by atoms with E-state index in [2.05, 4.69) is 4.98 Å². The molecule has 0 aliphatic carbocycles. The van der Waals surface area contributed by atoms with Crippen molar-refractivity contribution in [2.75, 3.05) is 0 Å². The van der Waals surface area contributed by atoms with E-state index in [4.69, 9.17) is 11.6 Å². The summed E-state index contributed by atoms with van der Waals surface area (Å²) in [4.78, 5) is 49.2. The number of nitrogens with zero attached hydrogens (tertiary/aromatic N) is 3. The predicted octanol–water partition coefficient (Wildman–Crippen LogP) is 1.74. The number of nitrogens with one attached hydrogen (secondary N) is 1. The number of rotatable bonds is 5. The maximum absolute atomic E-state index is 13.0. The lowest BCUT2D eigenvalue weighted by Gasteiger charge is -2.10. The van der Waals surface area contributed by atoms with Gasteiger partial charge in [-0.3, -0.25) is 15.1 Å². The molecule has 30 heavy (non-hydrogen) atoms. The average molecular weight is 451 g/mol. The molecule has 10 nitrogen and oxygen atoms in total. The van der Waals surface area contributed by atoms with E-state index in [0.717, 1.165) is 15.2 Å². The summed E-state index contributed by atoms with van der Waals surface area (Å²) in [5.41, 5.74) is -2.13. The Morgan fingerprint density at radius 3 is 2.30 bits per heavy atom. The maximum atomic E-state index is 13.0. The fourth-order valence-corrected chi connectivity index (χ4v) is 4.58. The largest absolute Gasteiger partial charge is 0.340 e. The van der Waals surface area contributed by atoms with Gasteiger partial charge in [0, 0.05) is 23.6 Å². The van der Waals surface area contributed by atoms with Gasteiger partial charge in [0.25, 0.3) is 5.69 Å². The van der Waals surface area contributed by atoms with Gasteiger partial charge in [-0.05, 0) is 43.7 Å². The van der Waals surface area contributed by atoms with Gasteiger partial charge in [0.1, 0.15) is 0 Å². The molecule has 3 rings (SSSR count). The molecular weight excluding hydrogens is 436 g/mol. The van der Waals surface area contributed by atoms with Crippen molar-refractivity contribution < 1.29 is 9.13 Å². The summed E-state index contributed by atoms with van der Waals surface area (Å²) in [5.74, 6) is 0. The Labute approximate surface area is 176 Å². The third-order valence-electron chi connectivity index (χ3n) is 4.32. The Morgan fingerprint density at radius 2 is 1.77 bits per heavy atom. The van der Waals surface area contributed by atoms with Gasteiger partial charge in [-0.1, -0.05) is 11.6 Å². The summed E-state index contributed by atoms with van der Waals surface area (Å²) in [6.07, 6.45) is 0. The fraction of sp³-hybridized carbons (Fsp3) is 0.167. The maximum Gasteiger partial charge on any atom is 0.340 e. The van der Waals surface area contributed by atoms with Crippen LogP contribution in [0.15, 0.2) is 60.6 Å². The molecule has 3 aromatic rings. The summed E-state index contributed by atoms with van der Waals surface area (Å²) >= 11 is 6.12. The smallest absolute Gasteiger partial charge is 0.258 e. The zero-order chi connectivity index (χ0) is 22.2. The van der Waals surface area contributed by atoms with Crippen molar-refractivity contribution in [1.29, 1.82) is 0 Å². The van der Waals surface area contributed by atoms with Crippen LogP contribution in [-0.4, -0.2) is 23.3 Å². The fourth-order valence-electron chi connectivity index (χ4n) is 2.91. The van der Waals surface area contributed by atoms with E-state index >= 15 is 0 Å². The molecule has 0 amide bonds. The van der Waals surface area contributed by atoms with Crippen LogP contribution in [0.4, 0.5) is 5.69 Å². The summed E-state index contributed by atoms with van der Waals surface area (Å²) in [6, 6.07) is 8.10. The lowest BCUT2D eigenvalue weighted by molar-refractivity contribution is -0.384. The zero-order valence-electron chi connectivity index (χ0n) is 15.7. The number of aromatic amines is 1. The molecule has 0 saturated heterocycles. The number of nitro benzene ring substituents is 1. The topological polar surface area (TPSA) is 137 Å². The van der Waals surface area contributed by atoms with Gasteiger partial charge in [0.15, 0.2) is 0 Å². The van der Waals surface area contributed by atoms with Crippen LogP contribution in [0.3, 0.4) is 0 Å². The van der Waals surface area contributed by atoms with Gasteiger partial charge in [-0.15, -0.1) is 0 Å². The summed E-state index contributed by atoms with van der Waals surface area (Å²) in [5, 5.41) is 10.9. The molecule has 0 fully saturated rings. The van der Waals surface area contributed by atoms with Gasteiger partial charge < -0.3 is 0 Å². The predicted molar refractivity (Wildman–Crippen MR) is 110 cm³/mol. The Bertz CT molecular complexity index is 1330. The normalized spacial score (nSPS) is 12.0. The van der Waals surface area contributed by atoms with Crippen molar-refractivity contribution in [2.45, 2.75) is 30.2 Å². The third-order valence-corrected chi connectivity index (χ3v) is 6.34. The molecule has 1 atom stereocenters. The van der Waals surface area contributed by atoms with E-state index in [0.29, 0.717) is 10.5 Å². The van der Waals surface area contributed by atoms with Gasteiger partial charge in [0.05, 0.1) is 31.3 Å². The minimum atomic E-state index is -1.76. The van der Waals surface area contributed by atoms with Gasteiger partial charge in [-0.25, -0.2) is 27.7 Å². The number of non-ortho nitro benzene ring substituents is 1. The quantitative estimate of drug-likeness (QED) is 0.464. The average Bonchev–Trinajstić information content (AvgIpc) is 2.67. The first-order valence-electron chi connectivity index (χ1n) is 8.58. The third kappa shape index (κ3) is 3.76. The first-order chi connectivity index (χ1) is 14.1. The van der Waals surface area contributed by atoms with Crippen LogP contribution in [0.25, 0.3) is 5.69 Å². The second kappa shape index (κ2) is 8.20. The van der Waals surface area contributed by atoms with Crippen molar-refractivity contribution >= 4 is 28.1 Å². The van der Waals surface area contributed by atoms with E-state index in [-0.39, 0.29) is 27.8 Å². The van der Waals surface area contributed by atoms with Crippen LogP contribution in [0, 0.1) is 17.0 Å². The molecule has 1 N–H and O–H groups in total. The highest BCUT2D eigenvalue weighted by molar-refractivity contribution is 7.85. The first-order valence-corrected chi connectivity index (χ1v) is 10.1. The molecule has 0 saturated carbocycles. The van der Waals surface area contributed by atoms with Crippen molar-refractivity contribution in [3.63, 3.8) is 0 Å². The minimum absolute atomic E-state index is 0.00760. The SMILES string of the molecule is CCn1c(=O)[nH]c(=O)n(-c2ccc(S(=O)c3c(C)cc([N+](=O)[O-])cc3Cl)cc2)c1=O. The van der Waals surface area contributed by atoms with E-state index in [1.807, 2.05) is 0 Å². The van der Waals surface area contributed by atoms with E-state index in [9.17, 15) is 28.7 Å². The highest BCUT2D eigenvalue weighted by Crippen LogP contribution is 2.31. The van der Waals surface area contributed by atoms with Crippen molar-refractivity contribution in [1.82, 2.24) is 14.1 Å². The van der Waals surface area contributed by atoms with Crippen LogP contribution in [0.2, 0.25) is 5.02 Å². The zero-order valence-corrected chi connectivity index (χ0v) is 17.3. The molecular formula is C18H15ClN4O6S. The molecule has 2 aromatic carbocycles. The number of hydrogen-bond acceptors (Lipinski definition) is 6. The molecule has 1 unspecified atom stereocenters. The first kappa shape index (κ1) is 21.4. The number of aryl methyl sites for hydroxylation is 1. The molecule has 0 radical (unpaired) electrons. The van der Waals surface area contributed by atoms with Crippen molar-refractivity contribution in [3.05, 3.63) is 88.6 Å². The number of aromatic nitrogens is 3. The monoisotopic (exact) mass is 450 g/mol. The van der Waals surface area contributed by atoms with Crippen molar-refractivity contribution in [2.24, 2.45) is 0 Å². The minimum Gasteiger partial charge on any atom is -0.258 e. The van der Waals surface area contributed by atoms with Crippen LogP contribution >= 0.6 is 11.6 Å². The molecule has 0 aliphatic rings. The molecule has 0 spiro atoms. The van der Waals surface area contributed by atoms with Crippen LogP contribution in [0.1, 0.15) is 12.5 Å². The second-order valence-electron chi connectivity index (χ2n) is 6.19. The molecule has 12 heteroatoms. The van der Waals surface area contributed by atoms with E-state index in [1.54, 1.807) is 13.8 Å². The molecule has 1 heterocycles. The Hall–Kier alpha value is -3.31. The number of H-pyrrole nitrogens is 1. The Morgan fingerprint density at radius 1 is 1.13 bits per heavy atom. The van der Waals surface area contributed by atoms with Crippen molar-refractivity contribution in [3.8, 4) is 5.69 Å². The lowest BCUT2D eigenvalue weighted by Crippen LogP contribution is -2.48. The number of halogens is 1. The number of benzene rings is 2. The standard InChI is InChI=1S/C18H15ClN4O6S/c1-3-21-16(24)20-17(25)22(18(21)26)11-4-6-13(7-5-11)30(29)15-10(2)8-12(23(27)28)9-14(15)19/h4-9H,3H2,1-2H3,(H,20,24,25). The highest BCUT2D eigenvalue weighted by Gasteiger charge is 2.19. The van der Waals surface area contributed by atoms with Crippen LogP contribution < -0.4 is 17.1 Å². The van der Waals surface area contributed by atoms with Crippen LogP contribution in [0.5, 0.6) is 0 Å². The second-order valence-corrected chi connectivity index (χ2v) is 8.02. The van der Waals surface area contributed by atoms with Crippen LogP contribution in [-0.2, 0) is 17.3 Å². The lowest BCUT2D eigenvalue weighted by atomic mass is 10.2.